The standard InChI is InChI=1S/C27H30N2O6/c1-34-27(24(31)32)13-15-29(16-14-27)23(30)26(11-6-12-26)28-25(33)35-17-22-20-9-4-2-7-18(20)19-8-3-5-10-21(19)22/h2-5,7-10,22H,6,11-17H2,1H3,(H,28,33)(H,31,32). The molecule has 2 amide bonds. The molecule has 1 heterocycles. The van der Waals surface area contributed by atoms with E-state index in [2.05, 4.69) is 29.6 Å². The van der Waals surface area contributed by atoms with Crippen molar-refractivity contribution in [3.05, 3.63) is 59.7 Å². The van der Waals surface area contributed by atoms with Crippen molar-refractivity contribution < 1.29 is 29.0 Å². The van der Waals surface area contributed by atoms with E-state index < -0.39 is 23.2 Å². The average molecular weight is 479 g/mol. The Morgan fingerprint density at radius 3 is 2.03 bits per heavy atom. The molecule has 5 rings (SSSR count). The molecule has 0 radical (unpaired) electrons. The van der Waals surface area contributed by atoms with Crippen LogP contribution in [0.15, 0.2) is 48.5 Å². The third-order valence-corrected chi connectivity index (χ3v) is 7.94. The summed E-state index contributed by atoms with van der Waals surface area (Å²) in [6.45, 7) is 0.725. The minimum absolute atomic E-state index is 0.0542. The summed E-state index contributed by atoms with van der Waals surface area (Å²) in [7, 11) is 1.39. The van der Waals surface area contributed by atoms with Crippen molar-refractivity contribution in [3.63, 3.8) is 0 Å². The van der Waals surface area contributed by atoms with E-state index in [1.165, 1.54) is 7.11 Å². The maximum Gasteiger partial charge on any atom is 0.408 e. The number of nitrogens with zero attached hydrogens (tertiary/aromatic N) is 1. The molecule has 2 aromatic rings. The minimum atomic E-state index is -1.26. The van der Waals surface area contributed by atoms with Gasteiger partial charge in [-0.2, -0.15) is 0 Å². The van der Waals surface area contributed by atoms with Crippen LogP contribution in [0.3, 0.4) is 0 Å². The number of likely N-dealkylation sites (tertiary alicyclic amines) is 1. The van der Waals surface area contributed by atoms with Crippen LogP contribution in [-0.4, -0.2) is 65.9 Å². The molecule has 0 spiro atoms. The quantitative estimate of drug-likeness (QED) is 0.658. The van der Waals surface area contributed by atoms with Gasteiger partial charge in [0.2, 0.25) is 5.91 Å². The fourth-order valence-electron chi connectivity index (χ4n) is 5.63. The summed E-state index contributed by atoms with van der Waals surface area (Å²) in [6.07, 6.45) is 1.74. The minimum Gasteiger partial charge on any atom is -0.479 e. The Hall–Kier alpha value is -3.39. The lowest BCUT2D eigenvalue weighted by molar-refractivity contribution is -0.171. The maximum absolute atomic E-state index is 13.4. The van der Waals surface area contributed by atoms with Crippen LogP contribution >= 0.6 is 0 Å². The Morgan fingerprint density at radius 1 is 0.971 bits per heavy atom. The van der Waals surface area contributed by atoms with Crippen molar-refractivity contribution in [2.45, 2.75) is 49.2 Å². The van der Waals surface area contributed by atoms with Crippen LogP contribution in [0.25, 0.3) is 11.1 Å². The summed E-state index contributed by atoms with van der Waals surface area (Å²) >= 11 is 0. The molecule has 0 aromatic heterocycles. The van der Waals surface area contributed by atoms with E-state index in [1.54, 1.807) is 4.90 Å². The highest BCUT2D eigenvalue weighted by atomic mass is 16.5. The number of benzene rings is 2. The number of carboxylic acids is 1. The van der Waals surface area contributed by atoms with Gasteiger partial charge in [0, 0.05) is 39.0 Å². The smallest absolute Gasteiger partial charge is 0.408 e. The van der Waals surface area contributed by atoms with Gasteiger partial charge in [-0.25, -0.2) is 9.59 Å². The number of piperidine rings is 1. The van der Waals surface area contributed by atoms with Crippen molar-refractivity contribution in [2.24, 2.45) is 0 Å². The van der Waals surface area contributed by atoms with Crippen molar-refractivity contribution in [3.8, 4) is 11.1 Å². The van der Waals surface area contributed by atoms with Gasteiger partial charge in [0.25, 0.3) is 0 Å². The van der Waals surface area contributed by atoms with Gasteiger partial charge in [-0.1, -0.05) is 48.5 Å². The number of alkyl carbamates (subject to hydrolysis) is 1. The number of amides is 2. The molecule has 184 valence electrons. The zero-order valence-electron chi connectivity index (χ0n) is 19.8. The summed E-state index contributed by atoms with van der Waals surface area (Å²) in [5.41, 5.74) is 2.32. The predicted octanol–water partition coefficient (Wildman–Crippen LogP) is 3.54. The molecule has 1 saturated carbocycles. The highest BCUT2D eigenvalue weighted by Crippen LogP contribution is 2.44. The van der Waals surface area contributed by atoms with E-state index in [1.807, 2.05) is 24.3 Å². The zero-order chi connectivity index (χ0) is 24.6. The first-order valence-corrected chi connectivity index (χ1v) is 12.1. The van der Waals surface area contributed by atoms with Gasteiger partial charge in [0.15, 0.2) is 5.60 Å². The van der Waals surface area contributed by atoms with E-state index >= 15 is 0 Å². The SMILES string of the molecule is COC1(C(=O)O)CCN(C(=O)C2(NC(=O)OCC3c4ccccc4-c4ccccc43)CCC2)CC1. The molecular weight excluding hydrogens is 448 g/mol. The van der Waals surface area contributed by atoms with Crippen molar-refractivity contribution in [1.82, 2.24) is 10.2 Å². The fourth-order valence-corrected chi connectivity index (χ4v) is 5.63. The number of rotatable bonds is 6. The van der Waals surface area contributed by atoms with Crippen molar-refractivity contribution in [2.75, 3.05) is 26.8 Å². The Labute approximate surface area is 204 Å². The number of fused-ring (bicyclic) bond motifs is 3. The van der Waals surface area contributed by atoms with Crippen LogP contribution in [0.1, 0.15) is 49.1 Å². The van der Waals surface area contributed by atoms with Crippen LogP contribution in [0, 0.1) is 0 Å². The number of carboxylic acid groups (broad SMARTS) is 1. The third-order valence-electron chi connectivity index (χ3n) is 7.94. The van der Waals surface area contributed by atoms with Crippen LogP contribution < -0.4 is 5.32 Å². The Balaban J connectivity index is 1.23. The number of carbonyl (C=O) groups excluding carboxylic acids is 2. The van der Waals surface area contributed by atoms with Gasteiger partial charge >= 0.3 is 12.1 Å². The first kappa shape index (κ1) is 23.4. The van der Waals surface area contributed by atoms with E-state index in [0.717, 1.165) is 28.7 Å². The largest absolute Gasteiger partial charge is 0.479 e. The molecule has 2 aromatic carbocycles. The molecule has 1 aliphatic heterocycles. The lowest BCUT2D eigenvalue weighted by Crippen LogP contribution is -2.65. The first-order chi connectivity index (χ1) is 16.9. The van der Waals surface area contributed by atoms with E-state index in [4.69, 9.17) is 9.47 Å². The van der Waals surface area contributed by atoms with Crippen LogP contribution in [0.4, 0.5) is 4.79 Å². The second-order valence-corrected chi connectivity index (χ2v) is 9.68. The highest BCUT2D eigenvalue weighted by molar-refractivity contribution is 5.91. The number of hydrogen-bond acceptors (Lipinski definition) is 5. The molecule has 2 fully saturated rings. The number of carbonyl (C=O) groups is 3. The van der Waals surface area contributed by atoms with Gasteiger partial charge in [0.05, 0.1) is 0 Å². The van der Waals surface area contributed by atoms with Crippen LogP contribution in [0.5, 0.6) is 0 Å². The Kier molecular flexibility index (Phi) is 6.01. The average Bonchev–Trinajstić information content (AvgIpc) is 3.18. The molecule has 0 bridgehead atoms. The summed E-state index contributed by atoms with van der Waals surface area (Å²) in [5, 5.41) is 12.4. The summed E-state index contributed by atoms with van der Waals surface area (Å²) in [6, 6.07) is 16.3. The fraction of sp³-hybridized carbons (Fsp3) is 0.444. The molecule has 0 unspecified atom stereocenters. The van der Waals surface area contributed by atoms with E-state index in [9.17, 15) is 19.5 Å². The predicted molar refractivity (Wildman–Crippen MR) is 128 cm³/mol. The second kappa shape index (κ2) is 9.00. The van der Waals surface area contributed by atoms with Gasteiger partial charge < -0.3 is 24.8 Å². The summed E-state index contributed by atoms with van der Waals surface area (Å²) in [5.74, 6) is -1.24. The van der Waals surface area contributed by atoms with Crippen molar-refractivity contribution in [1.29, 1.82) is 0 Å². The van der Waals surface area contributed by atoms with Gasteiger partial charge in [-0.3, -0.25) is 4.79 Å². The number of nitrogens with one attached hydrogen (secondary N) is 1. The van der Waals surface area contributed by atoms with Gasteiger partial charge in [-0.15, -0.1) is 0 Å². The summed E-state index contributed by atoms with van der Waals surface area (Å²) < 4.78 is 10.9. The normalized spacial score (nSPS) is 19.7. The van der Waals surface area contributed by atoms with Crippen LogP contribution in [-0.2, 0) is 19.1 Å². The van der Waals surface area contributed by atoms with Crippen molar-refractivity contribution >= 4 is 18.0 Å². The maximum atomic E-state index is 13.4. The van der Waals surface area contributed by atoms with Gasteiger partial charge in [-0.05, 0) is 41.5 Å². The lowest BCUT2D eigenvalue weighted by Gasteiger charge is -2.46. The number of hydrogen-bond donors (Lipinski definition) is 2. The van der Waals surface area contributed by atoms with E-state index in [0.29, 0.717) is 12.8 Å². The number of ether oxygens (including phenoxy) is 2. The molecule has 0 atom stereocenters. The van der Waals surface area contributed by atoms with E-state index in [-0.39, 0.29) is 44.4 Å². The monoisotopic (exact) mass is 478 g/mol. The molecule has 3 aliphatic rings. The third kappa shape index (κ3) is 3.95. The van der Waals surface area contributed by atoms with Crippen LogP contribution in [0.2, 0.25) is 0 Å². The molecule has 8 heteroatoms. The van der Waals surface area contributed by atoms with Gasteiger partial charge in [0.1, 0.15) is 12.1 Å². The topological polar surface area (TPSA) is 105 Å². The molecule has 2 aliphatic carbocycles. The molecule has 35 heavy (non-hydrogen) atoms. The Bertz CT molecular complexity index is 1100. The second-order valence-electron chi connectivity index (χ2n) is 9.68. The number of aliphatic carboxylic acids is 1. The number of methoxy groups -OCH3 is 1. The molecular formula is C27H30N2O6. The zero-order valence-corrected chi connectivity index (χ0v) is 19.8. The Morgan fingerprint density at radius 2 is 1.54 bits per heavy atom. The molecule has 8 nitrogen and oxygen atoms in total. The first-order valence-electron chi connectivity index (χ1n) is 12.1. The highest BCUT2D eigenvalue weighted by Gasteiger charge is 2.51. The lowest BCUT2D eigenvalue weighted by atomic mass is 9.75. The molecule has 2 N–H and O–H groups in total. The summed E-state index contributed by atoms with van der Waals surface area (Å²) in [4.78, 5) is 39.5. The molecule has 1 saturated heterocycles.